The molecule has 0 spiro atoms. The van der Waals surface area contributed by atoms with Crippen LogP contribution in [0.1, 0.15) is 25.0 Å². The smallest absolute Gasteiger partial charge is 0.326 e. The predicted octanol–water partition coefficient (Wildman–Crippen LogP) is -1.63. The molecule has 0 fully saturated rings. The molecule has 0 aliphatic carbocycles. The number of aliphatic carboxylic acids is 2. The van der Waals surface area contributed by atoms with Gasteiger partial charge in [0, 0.05) is 30.5 Å². The maximum absolute atomic E-state index is 13.0. The van der Waals surface area contributed by atoms with Crippen LogP contribution in [0.2, 0.25) is 0 Å². The first kappa shape index (κ1) is 29.3. The fourth-order valence-corrected chi connectivity index (χ4v) is 3.40. The minimum atomic E-state index is -1.44. The lowest BCUT2D eigenvalue weighted by atomic mass is 10.1. The van der Waals surface area contributed by atoms with Crippen molar-refractivity contribution in [2.75, 3.05) is 17.8 Å². The van der Waals surface area contributed by atoms with E-state index in [1.165, 1.54) is 24.3 Å². The summed E-state index contributed by atoms with van der Waals surface area (Å²) >= 11 is 5.38. The van der Waals surface area contributed by atoms with Crippen LogP contribution in [0.3, 0.4) is 0 Å². The average molecular weight is 519 g/mol. The van der Waals surface area contributed by atoms with Crippen molar-refractivity contribution in [2.24, 2.45) is 5.73 Å². The highest BCUT2D eigenvalue weighted by Gasteiger charge is 2.30. The Morgan fingerprint density at radius 2 is 1.68 bits per heavy atom. The van der Waals surface area contributed by atoms with Gasteiger partial charge < -0.3 is 36.9 Å². The van der Waals surface area contributed by atoms with Crippen molar-refractivity contribution in [2.45, 2.75) is 49.9 Å². The fourth-order valence-electron chi connectivity index (χ4n) is 2.76. The number of aromatic amines is 1. The largest absolute Gasteiger partial charge is 0.481 e. The lowest BCUT2D eigenvalue weighted by Gasteiger charge is -2.25. The van der Waals surface area contributed by atoms with Gasteiger partial charge >= 0.3 is 11.9 Å². The average Bonchev–Trinajstić information content (AvgIpc) is 3.30. The standard InChI is InChI=1S/C19H30N6O7S2/c1-34-5-4-12(17(29)24-13(19(31)32)2-3-15(26)27)23-18(30)14(6-10-7-21-9-22-10)25-16(28)11(20)8-33/h7,9,11-14,33H,2-6,8,20H2,1H3,(H,21,22)(H,23,30)(H,24,29)(H,25,28)(H,26,27)(H,31,32). The summed E-state index contributed by atoms with van der Waals surface area (Å²) in [6.45, 7) is 0. The Balaban J connectivity index is 2.99. The zero-order valence-electron chi connectivity index (χ0n) is 18.5. The highest BCUT2D eigenvalue weighted by atomic mass is 32.2. The third-order valence-electron chi connectivity index (χ3n) is 4.65. The second-order valence-electron chi connectivity index (χ2n) is 7.31. The molecule has 0 aromatic carbocycles. The van der Waals surface area contributed by atoms with Gasteiger partial charge in [-0.1, -0.05) is 0 Å². The Labute approximate surface area is 205 Å². The minimum Gasteiger partial charge on any atom is -0.481 e. The van der Waals surface area contributed by atoms with Crippen LogP contribution >= 0.6 is 24.4 Å². The van der Waals surface area contributed by atoms with Gasteiger partial charge in [-0.15, -0.1) is 0 Å². The molecule has 13 nitrogen and oxygen atoms in total. The first-order valence-corrected chi connectivity index (χ1v) is 12.3. The Kier molecular flexibility index (Phi) is 13.1. The molecule has 190 valence electrons. The van der Waals surface area contributed by atoms with Crippen molar-refractivity contribution in [1.29, 1.82) is 0 Å². The SMILES string of the molecule is CSCCC(NC(=O)C(Cc1cnc[nH]1)NC(=O)C(N)CS)C(=O)NC(CCC(=O)O)C(=O)O. The van der Waals surface area contributed by atoms with Crippen LogP contribution in [0.4, 0.5) is 0 Å². The van der Waals surface area contributed by atoms with Crippen LogP contribution in [0.25, 0.3) is 0 Å². The third kappa shape index (κ3) is 10.4. The number of nitrogens with one attached hydrogen (secondary N) is 4. The number of carboxylic acid groups (broad SMARTS) is 2. The summed E-state index contributed by atoms with van der Waals surface area (Å²) in [5.41, 5.74) is 6.23. The van der Waals surface area contributed by atoms with E-state index in [0.29, 0.717) is 11.4 Å². The number of thiol groups is 1. The number of hydrogen-bond donors (Lipinski definition) is 8. The number of carboxylic acids is 2. The van der Waals surface area contributed by atoms with E-state index in [-0.39, 0.29) is 25.0 Å². The maximum atomic E-state index is 13.0. The zero-order valence-corrected chi connectivity index (χ0v) is 20.2. The van der Waals surface area contributed by atoms with Crippen LogP contribution in [0.5, 0.6) is 0 Å². The van der Waals surface area contributed by atoms with Crippen LogP contribution in [-0.4, -0.2) is 91.8 Å². The van der Waals surface area contributed by atoms with Crippen LogP contribution in [-0.2, 0) is 30.4 Å². The van der Waals surface area contributed by atoms with E-state index in [9.17, 15) is 29.1 Å². The number of nitrogens with two attached hydrogens (primary N) is 1. The summed E-state index contributed by atoms with van der Waals surface area (Å²) in [5, 5.41) is 25.5. The van der Waals surface area contributed by atoms with Crippen molar-refractivity contribution < 1.29 is 34.2 Å². The number of rotatable bonds is 16. The Morgan fingerprint density at radius 1 is 1.06 bits per heavy atom. The van der Waals surface area contributed by atoms with Crippen molar-refractivity contribution in [3.05, 3.63) is 18.2 Å². The third-order valence-corrected chi connectivity index (χ3v) is 5.69. The van der Waals surface area contributed by atoms with E-state index in [2.05, 4.69) is 38.5 Å². The van der Waals surface area contributed by atoms with Crippen molar-refractivity contribution in [3.8, 4) is 0 Å². The fraction of sp³-hybridized carbons (Fsp3) is 0.579. The number of nitrogens with zero attached hydrogens (tertiary/aromatic N) is 1. The quantitative estimate of drug-likeness (QED) is 0.117. The van der Waals surface area contributed by atoms with E-state index in [4.69, 9.17) is 10.8 Å². The number of thioether (sulfide) groups is 1. The molecule has 8 N–H and O–H groups in total. The molecule has 1 aromatic heterocycles. The molecular weight excluding hydrogens is 488 g/mol. The number of imidazole rings is 1. The molecule has 1 aromatic rings. The lowest BCUT2D eigenvalue weighted by molar-refractivity contribution is -0.143. The predicted molar refractivity (Wildman–Crippen MR) is 127 cm³/mol. The first-order chi connectivity index (χ1) is 16.1. The Morgan fingerprint density at radius 3 is 2.21 bits per heavy atom. The minimum absolute atomic E-state index is 0.0318. The van der Waals surface area contributed by atoms with E-state index in [0.717, 1.165) is 0 Å². The van der Waals surface area contributed by atoms with Gasteiger partial charge in [0.1, 0.15) is 18.1 Å². The van der Waals surface area contributed by atoms with Gasteiger partial charge in [-0.05, 0) is 24.9 Å². The molecular formula is C19H30N6O7S2. The molecule has 0 bridgehead atoms. The number of hydrogen-bond acceptors (Lipinski definition) is 9. The van der Waals surface area contributed by atoms with Gasteiger partial charge in [-0.2, -0.15) is 24.4 Å². The number of aromatic nitrogens is 2. The molecule has 1 heterocycles. The Hall–Kier alpha value is -2.78. The molecule has 4 atom stereocenters. The molecule has 0 aliphatic rings. The number of amides is 3. The van der Waals surface area contributed by atoms with E-state index >= 15 is 0 Å². The second-order valence-corrected chi connectivity index (χ2v) is 8.66. The van der Waals surface area contributed by atoms with Gasteiger partial charge in [-0.3, -0.25) is 19.2 Å². The van der Waals surface area contributed by atoms with Gasteiger partial charge in [0.05, 0.1) is 12.4 Å². The van der Waals surface area contributed by atoms with Crippen molar-refractivity contribution in [1.82, 2.24) is 25.9 Å². The first-order valence-electron chi connectivity index (χ1n) is 10.3. The van der Waals surface area contributed by atoms with Gasteiger partial charge in [0.15, 0.2) is 0 Å². The summed E-state index contributed by atoms with van der Waals surface area (Å²) in [4.78, 5) is 67.0. The van der Waals surface area contributed by atoms with Crippen molar-refractivity contribution in [3.63, 3.8) is 0 Å². The highest BCUT2D eigenvalue weighted by Crippen LogP contribution is 2.06. The normalized spacial score (nSPS) is 14.3. The second kappa shape index (κ2) is 15.2. The molecule has 15 heteroatoms. The summed E-state index contributed by atoms with van der Waals surface area (Å²) < 4.78 is 0. The zero-order chi connectivity index (χ0) is 25.7. The summed E-state index contributed by atoms with van der Waals surface area (Å²) in [7, 11) is 0. The number of carbonyl (C=O) groups excluding carboxylic acids is 3. The van der Waals surface area contributed by atoms with E-state index < -0.39 is 60.2 Å². The van der Waals surface area contributed by atoms with Gasteiger partial charge in [0.25, 0.3) is 0 Å². The van der Waals surface area contributed by atoms with Crippen LogP contribution < -0.4 is 21.7 Å². The maximum Gasteiger partial charge on any atom is 0.326 e. The molecule has 0 saturated heterocycles. The van der Waals surface area contributed by atoms with Gasteiger partial charge in [0.2, 0.25) is 17.7 Å². The molecule has 0 radical (unpaired) electrons. The highest BCUT2D eigenvalue weighted by molar-refractivity contribution is 7.98. The summed E-state index contributed by atoms with van der Waals surface area (Å²) in [5.74, 6) is -4.16. The molecule has 0 aliphatic heterocycles. The van der Waals surface area contributed by atoms with Crippen molar-refractivity contribution >= 4 is 54.1 Å². The van der Waals surface area contributed by atoms with Crippen LogP contribution in [0, 0.1) is 0 Å². The summed E-state index contributed by atoms with van der Waals surface area (Å²) in [6.07, 6.45) is 4.10. The number of carbonyl (C=O) groups is 5. The number of H-pyrrole nitrogens is 1. The molecule has 34 heavy (non-hydrogen) atoms. The molecule has 0 saturated carbocycles. The van der Waals surface area contributed by atoms with Gasteiger partial charge in [-0.25, -0.2) is 9.78 Å². The molecule has 4 unspecified atom stereocenters. The Bertz CT molecular complexity index is 839. The molecule has 3 amide bonds. The monoisotopic (exact) mass is 518 g/mol. The van der Waals surface area contributed by atoms with Crippen LogP contribution in [0.15, 0.2) is 12.5 Å². The van der Waals surface area contributed by atoms with E-state index in [1.54, 1.807) is 6.26 Å². The summed E-state index contributed by atoms with van der Waals surface area (Å²) in [6, 6.07) is -4.62. The lowest BCUT2D eigenvalue weighted by Crippen LogP contribution is -2.58. The molecule has 1 rings (SSSR count). The topological polar surface area (TPSA) is 217 Å². The van der Waals surface area contributed by atoms with E-state index in [1.807, 2.05) is 0 Å².